The number of halogens is 1. The lowest BCUT2D eigenvalue weighted by molar-refractivity contribution is 0.0662. The molecule has 0 radical (unpaired) electrons. The number of ether oxygens (including phenoxy) is 1. The number of pyridine rings is 1. The molecule has 92 valence electrons. The van der Waals surface area contributed by atoms with E-state index in [2.05, 4.69) is 24.1 Å². The first kappa shape index (κ1) is 12.6. The van der Waals surface area contributed by atoms with Crippen molar-refractivity contribution >= 4 is 11.6 Å². The second-order valence-corrected chi connectivity index (χ2v) is 5.10. The van der Waals surface area contributed by atoms with Gasteiger partial charge < -0.3 is 4.74 Å². The van der Waals surface area contributed by atoms with Gasteiger partial charge in [-0.05, 0) is 36.8 Å². The Bertz CT molecular complexity index is 392. The molecule has 2 rings (SSSR count). The van der Waals surface area contributed by atoms with Gasteiger partial charge in [0, 0.05) is 11.2 Å². The Labute approximate surface area is 108 Å². The van der Waals surface area contributed by atoms with E-state index in [4.69, 9.17) is 16.3 Å². The first-order chi connectivity index (χ1) is 8.25. The van der Waals surface area contributed by atoms with Gasteiger partial charge in [-0.25, -0.2) is 0 Å². The number of rotatable bonds is 4. The molecule has 0 saturated heterocycles. The van der Waals surface area contributed by atoms with Gasteiger partial charge in [0.05, 0.1) is 18.9 Å². The molecule has 0 saturated carbocycles. The van der Waals surface area contributed by atoms with Gasteiger partial charge >= 0.3 is 0 Å². The summed E-state index contributed by atoms with van der Waals surface area (Å²) in [4.78, 5) is 4.22. The molecular formula is C14H18ClNO. The summed E-state index contributed by atoms with van der Waals surface area (Å²) in [6, 6.07) is 3.63. The van der Waals surface area contributed by atoms with E-state index in [1.165, 1.54) is 6.42 Å². The van der Waals surface area contributed by atoms with E-state index < -0.39 is 0 Å². The van der Waals surface area contributed by atoms with Gasteiger partial charge in [-0.1, -0.05) is 30.7 Å². The molecule has 2 nitrogen and oxygen atoms in total. The summed E-state index contributed by atoms with van der Waals surface area (Å²) < 4.78 is 5.73. The molecule has 0 amide bonds. The first-order valence-corrected chi connectivity index (χ1v) is 6.46. The predicted octanol–water partition coefficient (Wildman–Crippen LogP) is 3.85. The molecule has 0 spiro atoms. The number of aromatic nitrogens is 1. The molecule has 0 N–H and O–H groups in total. The molecule has 17 heavy (non-hydrogen) atoms. The van der Waals surface area contributed by atoms with E-state index in [0.29, 0.717) is 23.5 Å². The monoisotopic (exact) mass is 251 g/mol. The third-order valence-corrected chi connectivity index (χ3v) is 3.51. The van der Waals surface area contributed by atoms with Crippen molar-refractivity contribution in [2.45, 2.75) is 26.4 Å². The summed E-state index contributed by atoms with van der Waals surface area (Å²) in [7, 11) is 0. The minimum absolute atomic E-state index is 0.549. The van der Waals surface area contributed by atoms with Crippen molar-refractivity contribution in [2.75, 3.05) is 6.61 Å². The van der Waals surface area contributed by atoms with E-state index >= 15 is 0 Å². The van der Waals surface area contributed by atoms with Crippen molar-refractivity contribution in [3.8, 4) is 0 Å². The topological polar surface area (TPSA) is 22.1 Å². The molecule has 1 heterocycles. The summed E-state index contributed by atoms with van der Waals surface area (Å²) >= 11 is 5.89. The number of nitrogens with zero attached hydrogens (tertiary/aromatic N) is 1. The van der Waals surface area contributed by atoms with E-state index in [-0.39, 0.29) is 0 Å². The highest BCUT2D eigenvalue weighted by molar-refractivity contribution is 6.30. The van der Waals surface area contributed by atoms with Gasteiger partial charge in [0.1, 0.15) is 0 Å². The minimum Gasteiger partial charge on any atom is -0.375 e. The highest BCUT2D eigenvalue weighted by atomic mass is 35.5. The Hall–Kier alpha value is -0.860. The Balaban J connectivity index is 1.77. The molecule has 1 aliphatic carbocycles. The molecular weight excluding hydrogens is 234 g/mol. The van der Waals surface area contributed by atoms with Gasteiger partial charge in [-0.15, -0.1) is 0 Å². The first-order valence-electron chi connectivity index (χ1n) is 6.09. The fourth-order valence-corrected chi connectivity index (χ4v) is 2.26. The Kier molecular flexibility index (Phi) is 4.57. The van der Waals surface area contributed by atoms with Crippen LogP contribution in [-0.4, -0.2) is 11.6 Å². The van der Waals surface area contributed by atoms with Crippen LogP contribution >= 0.6 is 11.6 Å². The van der Waals surface area contributed by atoms with Crippen LogP contribution in [0.5, 0.6) is 0 Å². The summed E-state index contributed by atoms with van der Waals surface area (Å²) in [5, 5.41) is 0.715. The standard InChI is InChI=1S/C14H18ClNO/c1-11-4-2-3-5-12(11)9-17-10-14-8-13(15)6-7-16-14/h2-3,6-8,11-12H,4-5,9-10H2,1H3. The van der Waals surface area contributed by atoms with Gasteiger partial charge in [0.25, 0.3) is 0 Å². The van der Waals surface area contributed by atoms with Gasteiger partial charge in [0.2, 0.25) is 0 Å². The normalized spacial score (nSPS) is 23.9. The quantitative estimate of drug-likeness (QED) is 0.759. The van der Waals surface area contributed by atoms with Crippen molar-refractivity contribution < 1.29 is 4.74 Å². The van der Waals surface area contributed by atoms with E-state index in [1.807, 2.05) is 6.07 Å². The van der Waals surface area contributed by atoms with Gasteiger partial charge in [0.15, 0.2) is 0 Å². The van der Waals surface area contributed by atoms with Crippen LogP contribution in [0.1, 0.15) is 25.5 Å². The summed E-state index contributed by atoms with van der Waals surface area (Å²) in [6.45, 7) is 3.64. The molecule has 2 unspecified atom stereocenters. The summed E-state index contributed by atoms with van der Waals surface area (Å²) in [5.41, 5.74) is 0.900. The fraction of sp³-hybridized carbons (Fsp3) is 0.500. The fourth-order valence-electron chi connectivity index (χ4n) is 2.08. The van der Waals surface area contributed by atoms with E-state index in [1.54, 1.807) is 12.3 Å². The Morgan fingerprint density at radius 3 is 3.00 bits per heavy atom. The average Bonchev–Trinajstić information content (AvgIpc) is 2.32. The largest absolute Gasteiger partial charge is 0.375 e. The van der Waals surface area contributed by atoms with E-state index in [0.717, 1.165) is 18.7 Å². The van der Waals surface area contributed by atoms with Crippen LogP contribution in [0.25, 0.3) is 0 Å². The predicted molar refractivity (Wildman–Crippen MR) is 69.9 cm³/mol. The highest BCUT2D eigenvalue weighted by Crippen LogP contribution is 2.25. The van der Waals surface area contributed by atoms with Crippen molar-refractivity contribution in [1.82, 2.24) is 4.98 Å². The van der Waals surface area contributed by atoms with Crippen LogP contribution in [0, 0.1) is 11.8 Å². The third kappa shape index (κ3) is 3.83. The second kappa shape index (κ2) is 6.18. The zero-order valence-corrected chi connectivity index (χ0v) is 10.9. The maximum Gasteiger partial charge on any atom is 0.0888 e. The van der Waals surface area contributed by atoms with Crippen LogP contribution < -0.4 is 0 Å². The molecule has 0 bridgehead atoms. The summed E-state index contributed by atoms with van der Waals surface area (Å²) in [6.07, 6.45) is 8.53. The molecule has 3 heteroatoms. The number of allylic oxidation sites excluding steroid dienone is 2. The molecule has 0 aliphatic heterocycles. The number of hydrogen-bond acceptors (Lipinski definition) is 2. The average molecular weight is 252 g/mol. The summed E-state index contributed by atoms with van der Waals surface area (Å²) in [5.74, 6) is 1.35. The molecule has 0 fully saturated rings. The lowest BCUT2D eigenvalue weighted by atomic mass is 9.85. The maximum absolute atomic E-state index is 5.89. The van der Waals surface area contributed by atoms with Crippen molar-refractivity contribution in [3.05, 3.63) is 41.2 Å². The van der Waals surface area contributed by atoms with Gasteiger partial charge in [-0.2, -0.15) is 0 Å². The van der Waals surface area contributed by atoms with Crippen LogP contribution in [0.4, 0.5) is 0 Å². The van der Waals surface area contributed by atoms with Crippen LogP contribution in [0.2, 0.25) is 5.02 Å². The smallest absolute Gasteiger partial charge is 0.0888 e. The van der Waals surface area contributed by atoms with Gasteiger partial charge in [-0.3, -0.25) is 4.98 Å². The van der Waals surface area contributed by atoms with Crippen molar-refractivity contribution in [3.63, 3.8) is 0 Å². The van der Waals surface area contributed by atoms with Crippen molar-refractivity contribution in [1.29, 1.82) is 0 Å². The lowest BCUT2D eigenvalue weighted by Crippen LogP contribution is -2.19. The molecule has 1 aliphatic rings. The zero-order valence-electron chi connectivity index (χ0n) is 10.1. The number of hydrogen-bond donors (Lipinski definition) is 0. The van der Waals surface area contributed by atoms with Crippen LogP contribution in [-0.2, 0) is 11.3 Å². The zero-order chi connectivity index (χ0) is 12.1. The van der Waals surface area contributed by atoms with E-state index in [9.17, 15) is 0 Å². The molecule has 0 aromatic carbocycles. The maximum atomic E-state index is 5.89. The second-order valence-electron chi connectivity index (χ2n) is 4.66. The Morgan fingerprint density at radius 1 is 1.41 bits per heavy atom. The molecule has 2 atom stereocenters. The van der Waals surface area contributed by atoms with Crippen LogP contribution in [0.15, 0.2) is 30.5 Å². The minimum atomic E-state index is 0.549. The van der Waals surface area contributed by atoms with Crippen LogP contribution in [0.3, 0.4) is 0 Å². The lowest BCUT2D eigenvalue weighted by Gasteiger charge is -2.24. The van der Waals surface area contributed by atoms with Crippen molar-refractivity contribution in [2.24, 2.45) is 11.8 Å². The third-order valence-electron chi connectivity index (χ3n) is 3.28. The molecule has 1 aromatic heterocycles. The SMILES string of the molecule is CC1CC=CCC1COCc1cc(Cl)ccn1. The Morgan fingerprint density at radius 2 is 2.24 bits per heavy atom. The highest BCUT2D eigenvalue weighted by Gasteiger charge is 2.18. The molecule has 1 aromatic rings.